The topological polar surface area (TPSA) is 50.7 Å². The quantitative estimate of drug-likeness (QED) is 0.794. The summed E-state index contributed by atoms with van der Waals surface area (Å²) in [5.74, 6) is 1.67. The van der Waals surface area contributed by atoms with Crippen LogP contribution < -0.4 is 5.32 Å². The lowest BCUT2D eigenvalue weighted by atomic mass is 10.4. The monoisotopic (exact) mass is 276 g/mol. The zero-order chi connectivity index (χ0) is 12.5. The molecule has 3 heterocycles. The number of nitrogens with zero attached hydrogens (tertiary/aromatic N) is 3. The first-order valence-corrected chi connectivity index (χ1v) is 7.39. The third kappa shape index (κ3) is 1.97. The van der Waals surface area contributed by atoms with Crippen LogP contribution in [0.15, 0.2) is 17.6 Å². The van der Waals surface area contributed by atoms with Crippen LogP contribution in [-0.2, 0) is 0 Å². The van der Waals surface area contributed by atoms with Crippen molar-refractivity contribution in [1.29, 1.82) is 0 Å². The van der Waals surface area contributed by atoms with Crippen molar-refractivity contribution in [3.05, 3.63) is 22.7 Å². The van der Waals surface area contributed by atoms with Gasteiger partial charge in [-0.1, -0.05) is 0 Å². The van der Waals surface area contributed by atoms with Gasteiger partial charge >= 0.3 is 0 Å². The molecule has 0 atom stereocenters. The van der Waals surface area contributed by atoms with E-state index in [-0.39, 0.29) is 0 Å². The summed E-state index contributed by atoms with van der Waals surface area (Å²) < 4.78 is 1.11. The van der Waals surface area contributed by atoms with Gasteiger partial charge in [-0.05, 0) is 25.3 Å². The van der Waals surface area contributed by atoms with Gasteiger partial charge in [0.15, 0.2) is 5.82 Å². The number of fused-ring (bicyclic) bond motifs is 1. The Morgan fingerprint density at radius 2 is 2.22 bits per heavy atom. The summed E-state index contributed by atoms with van der Waals surface area (Å²) in [4.78, 5) is 14.5. The Balaban J connectivity index is 2.18. The van der Waals surface area contributed by atoms with Gasteiger partial charge in [0.25, 0.3) is 0 Å². The van der Waals surface area contributed by atoms with Crippen molar-refractivity contribution in [3.8, 4) is 10.7 Å². The molecular formula is C12H12N4S2. The molecule has 0 saturated carbocycles. The van der Waals surface area contributed by atoms with Gasteiger partial charge in [0.1, 0.15) is 5.82 Å². The molecule has 0 fully saturated rings. The van der Waals surface area contributed by atoms with Gasteiger partial charge in [-0.2, -0.15) is 0 Å². The Morgan fingerprint density at radius 3 is 2.94 bits per heavy atom. The average molecular weight is 276 g/mol. The zero-order valence-electron chi connectivity index (χ0n) is 10.1. The van der Waals surface area contributed by atoms with Crippen LogP contribution in [-0.4, -0.2) is 21.5 Å². The lowest BCUT2D eigenvalue weighted by Gasteiger charge is -2.05. The van der Waals surface area contributed by atoms with E-state index in [0.717, 1.165) is 38.3 Å². The van der Waals surface area contributed by atoms with Gasteiger partial charge < -0.3 is 5.32 Å². The van der Waals surface area contributed by atoms with Gasteiger partial charge in [0, 0.05) is 12.7 Å². The van der Waals surface area contributed by atoms with Gasteiger partial charge in [-0.15, -0.1) is 22.7 Å². The van der Waals surface area contributed by atoms with Crippen molar-refractivity contribution in [2.75, 3.05) is 11.9 Å². The van der Waals surface area contributed by atoms with Crippen LogP contribution in [0.1, 0.15) is 11.9 Å². The van der Waals surface area contributed by atoms with Gasteiger partial charge in [-0.25, -0.2) is 15.0 Å². The molecule has 0 aromatic carbocycles. The summed E-state index contributed by atoms with van der Waals surface area (Å²) in [6.07, 6.45) is 1.84. The van der Waals surface area contributed by atoms with E-state index in [1.807, 2.05) is 24.6 Å². The molecule has 18 heavy (non-hydrogen) atoms. The van der Waals surface area contributed by atoms with Crippen molar-refractivity contribution in [1.82, 2.24) is 15.0 Å². The number of aryl methyl sites for hydroxylation is 1. The second kappa shape index (κ2) is 4.62. The minimum absolute atomic E-state index is 0.752. The minimum atomic E-state index is 0.752. The summed E-state index contributed by atoms with van der Waals surface area (Å²) in [5.41, 5.74) is 0.993. The highest BCUT2D eigenvalue weighted by molar-refractivity contribution is 7.17. The van der Waals surface area contributed by atoms with Crippen molar-refractivity contribution in [3.63, 3.8) is 0 Å². The highest BCUT2D eigenvalue weighted by Gasteiger charge is 2.11. The Hall–Kier alpha value is -1.53. The fourth-order valence-electron chi connectivity index (χ4n) is 1.73. The largest absolute Gasteiger partial charge is 0.369 e. The van der Waals surface area contributed by atoms with Crippen LogP contribution in [0.5, 0.6) is 0 Å². The molecule has 0 spiro atoms. The molecule has 92 valence electrons. The van der Waals surface area contributed by atoms with Crippen LogP contribution in [0.3, 0.4) is 0 Å². The maximum Gasteiger partial charge on any atom is 0.173 e. The Morgan fingerprint density at radius 1 is 1.33 bits per heavy atom. The first-order chi connectivity index (χ1) is 8.78. The molecule has 1 N–H and O–H groups in total. The van der Waals surface area contributed by atoms with Crippen LogP contribution >= 0.6 is 22.7 Å². The second-order valence-electron chi connectivity index (χ2n) is 3.80. The van der Waals surface area contributed by atoms with Crippen molar-refractivity contribution < 1.29 is 0 Å². The Labute approximate surface area is 113 Å². The number of hydrogen-bond acceptors (Lipinski definition) is 6. The van der Waals surface area contributed by atoms with E-state index in [4.69, 9.17) is 0 Å². The predicted molar refractivity (Wildman–Crippen MR) is 77.4 cm³/mol. The van der Waals surface area contributed by atoms with Crippen molar-refractivity contribution in [2.24, 2.45) is 0 Å². The van der Waals surface area contributed by atoms with Crippen LogP contribution in [0.2, 0.25) is 0 Å². The molecule has 6 heteroatoms. The molecule has 3 rings (SSSR count). The normalized spacial score (nSPS) is 11.0. The SMILES string of the molecule is CCNc1nc(-c2cnc(C)s2)nc2ccsc12. The van der Waals surface area contributed by atoms with E-state index in [0.29, 0.717) is 0 Å². The molecule has 0 aliphatic heterocycles. The fourth-order valence-corrected chi connectivity index (χ4v) is 3.23. The van der Waals surface area contributed by atoms with Crippen LogP contribution in [0.4, 0.5) is 5.82 Å². The third-order valence-electron chi connectivity index (χ3n) is 2.49. The molecule has 4 nitrogen and oxygen atoms in total. The average Bonchev–Trinajstić information content (AvgIpc) is 2.97. The van der Waals surface area contributed by atoms with Crippen molar-refractivity contribution >= 4 is 38.7 Å². The molecule has 0 aliphatic rings. The second-order valence-corrected chi connectivity index (χ2v) is 5.96. The molecule has 0 bridgehead atoms. The molecule has 0 radical (unpaired) electrons. The lowest BCUT2D eigenvalue weighted by molar-refractivity contribution is 1.15. The zero-order valence-corrected chi connectivity index (χ0v) is 11.7. The molecule has 0 aliphatic carbocycles. The highest BCUT2D eigenvalue weighted by Crippen LogP contribution is 2.30. The molecule has 3 aromatic heterocycles. The summed E-state index contributed by atoms with van der Waals surface area (Å²) in [5, 5.41) is 6.37. The molecular weight excluding hydrogens is 264 g/mol. The lowest BCUT2D eigenvalue weighted by Crippen LogP contribution is -2.01. The number of thiophene rings is 1. The molecule has 0 saturated heterocycles. The van der Waals surface area contributed by atoms with E-state index in [1.165, 1.54) is 0 Å². The first-order valence-electron chi connectivity index (χ1n) is 5.70. The summed E-state index contributed by atoms with van der Waals surface area (Å²) in [6.45, 7) is 4.91. The number of rotatable bonds is 3. The van der Waals surface area contributed by atoms with E-state index in [1.54, 1.807) is 22.7 Å². The summed E-state index contributed by atoms with van der Waals surface area (Å²) in [7, 11) is 0. The van der Waals surface area contributed by atoms with Crippen LogP contribution in [0, 0.1) is 6.92 Å². The van der Waals surface area contributed by atoms with E-state index < -0.39 is 0 Å². The summed E-state index contributed by atoms with van der Waals surface area (Å²) in [6, 6.07) is 2.03. The minimum Gasteiger partial charge on any atom is -0.369 e. The van der Waals surface area contributed by atoms with Crippen molar-refractivity contribution in [2.45, 2.75) is 13.8 Å². The summed E-state index contributed by atoms with van der Waals surface area (Å²) >= 11 is 3.28. The standard InChI is InChI=1S/C12H12N4S2/c1-3-13-12-10-8(4-5-17-10)15-11(16-12)9-6-14-7(2)18-9/h4-6H,3H2,1-2H3,(H,13,15,16). The van der Waals surface area contributed by atoms with Gasteiger partial charge in [0.05, 0.1) is 20.1 Å². The number of thiazole rings is 1. The third-order valence-corrected chi connectivity index (χ3v) is 4.31. The van der Waals surface area contributed by atoms with Crippen LogP contribution in [0.25, 0.3) is 20.9 Å². The van der Waals surface area contributed by atoms with E-state index in [9.17, 15) is 0 Å². The first kappa shape index (κ1) is 11.6. The number of aromatic nitrogens is 3. The maximum atomic E-state index is 4.61. The Bertz CT molecular complexity index is 686. The fraction of sp³-hybridized carbons (Fsp3) is 0.250. The molecule has 0 unspecified atom stereocenters. The van der Waals surface area contributed by atoms with E-state index in [2.05, 4.69) is 27.2 Å². The Kier molecular flexibility index (Phi) is 2.97. The van der Waals surface area contributed by atoms with Gasteiger partial charge in [-0.3, -0.25) is 0 Å². The predicted octanol–water partition coefficient (Wildman–Crippen LogP) is 3.56. The van der Waals surface area contributed by atoms with E-state index >= 15 is 0 Å². The smallest absolute Gasteiger partial charge is 0.173 e. The number of hydrogen-bond donors (Lipinski definition) is 1. The molecule has 3 aromatic rings. The van der Waals surface area contributed by atoms with Gasteiger partial charge in [0.2, 0.25) is 0 Å². The highest BCUT2D eigenvalue weighted by atomic mass is 32.1. The number of nitrogens with one attached hydrogen (secondary N) is 1. The molecule has 0 amide bonds. The number of anilines is 1. The maximum absolute atomic E-state index is 4.61.